The van der Waals surface area contributed by atoms with Crippen LogP contribution in [0.25, 0.3) is 11.0 Å². The predicted octanol–water partition coefficient (Wildman–Crippen LogP) is 1.34. The second kappa shape index (κ2) is 4.06. The van der Waals surface area contributed by atoms with Gasteiger partial charge < -0.3 is 15.9 Å². The van der Waals surface area contributed by atoms with Crippen molar-refractivity contribution in [2.45, 2.75) is 6.92 Å². The minimum absolute atomic E-state index is 0.0330. The number of anilines is 1. The van der Waals surface area contributed by atoms with Crippen molar-refractivity contribution in [1.82, 2.24) is 5.32 Å². The third kappa shape index (κ3) is 1.99. The number of hydrogen-bond acceptors (Lipinski definition) is 4. The van der Waals surface area contributed by atoms with Crippen LogP contribution in [0.3, 0.4) is 0 Å². The van der Waals surface area contributed by atoms with Crippen LogP contribution in [0.5, 0.6) is 0 Å². The highest BCUT2D eigenvalue weighted by molar-refractivity contribution is 5.94. The SMILES string of the molecule is Cc1oc2ccc(N=C(N)NC#N)cc2c1N. The first kappa shape index (κ1) is 10.8. The molecule has 0 atom stereocenters. The van der Waals surface area contributed by atoms with Gasteiger partial charge >= 0.3 is 0 Å². The van der Waals surface area contributed by atoms with E-state index in [1.165, 1.54) is 0 Å². The van der Waals surface area contributed by atoms with E-state index in [2.05, 4.69) is 10.3 Å². The average molecular weight is 229 g/mol. The number of hydrogen-bond donors (Lipinski definition) is 3. The number of nitriles is 1. The quantitative estimate of drug-likeness (QED) is 0.295. The van der Waals surface area contributed by atoms with Crippen LogP contribution >= 0.6 is 0 Å². The molecule has 2 aromatic rings. The van der Waals surface area contributed by atoms with Crippen LogP contribution in [0.2, 0.25) is 0 Å². The molecule has 5 N–H and O–H groups in total. The molecule has 0 radical (unpaired) electrons. The molecule has 0 saturated heterocycles. The molecule has 6 heteroatoms. The number of benzene rings is 1. The fourth-order valence-corrected chi connectivity index (χ4v) is 1.52. The Bertz CT molecular complexity index is 635. The van der Waals surface area contributed by atoms with Crippen LogP contribution in [-0.2, 0) is 0 Å². The van der Waals surface area contributed by atoms with Crippen molar-refractivity contribution < 1.29 is 4.42 Å². The van der Waals surface area contributed by atoms with E-state index in [0.29, 0.717) is 22.7 Å². The molecule has 0 aliphatic heterocycles. The van der Waals surface area contributed by atoms with Gasteiger partial charge in [-0.05, 0) is 25.1 Å². The summed E-state index contributed by atoms with van der Waals surface area (Å²) in [6, 6.07) is 5.25. The zero-order valence-corrected chi connectivity index (χ0v) is 9.19. The van der Waals surface area contributed by atoms with E-state index in [1.54, 1.807) is 31.3 Å². The Labute approximate surface area is 97.5 Å². The number of nitrogens with zero attached hydrogens (tertiary/aromatic N) is 2. The van der Waals surface area contributed by atoms with Crippen molar-refractivity contribution in [1.29, 1.82) is 5.26 Å². The van der Waals surface area contributed by atoms with Crippen LogP contribution in [-0.4, -0.2) is 5.96 Å². The fraction of sp³-hybridized carbons (Fsp3) is 0.0909. The van der Waals surface area contributed by atoms with Crippen molar-refractivity contribution in [3.05, 3.63) is 24.0 Å². The van der Waals surface area contributed by atoms with Gasteiger partial charge in [-0.3, -0.25) is 5.32 Å². The molecular weight excluding hydrogens is 218 g/mol. The lowest BCUT2D eigenvalue weighted by atomic mass is 10.2. The molecular formula is C11H11N5O. The van der Waals surface area contributed by atoms with Gasteiger partial charge in [0.25, 0.3) is 0 Å². The molecule has 0 bridgehead atoms. The van der Waals surface area contributed by atoms with Crippen LogP contribution in [0, 0.1) is 18.4 Å². The zero-order valence-electron chi connectivity index (χ0n) is 9.19. The Morgan fingerprint density at radius 2 is 2.29 bits per heavy atom. The van der Waals surface area contributed by atoms with Crippen molar-refractivity contribution in [2.75, 3.05) is 5.73 Å². The van der Waals surface area contributed by atoms with Gasteiger partial charge in [-0.25, -0.2) is 4.99 Å². The Balaban J connectivity index is 2.48. The van der Waals surface area contributed by atoms with Gasteiger partial charge in [0.1, 0.15) is 11.3 Å². The molecule has 0 fully saturated rings. The number of guanidine groups is 1. The largest absolute Gasteiger partial charge is 0.459 e. The molecule has 1 heterocycles. The van der Waals surface area contributed by atoms with Crippen LogP contribution in [0.1, 0.15) is 5.76 Å². The molecule has 0 saturated carbocycles. The van der Waals surface area contributed by atoms with Crippen LogP contribution in [0.15, 0.2) is 27.6 Å². The number of furan rings is 1. The second-order valence-electron chi connectivity index (χ2n) is 3.49. The normalized spacial score (nSPS) is 11.4. The summed E-state index contributed by atoms with van der Waals surface area (Å²) in [5, 5.41) is 11.4. The lowest BCUT2D eigenvalue weighted by Gasteiger charge is -1.97. The highest BCUT2D eigenvalue weighted by atomic mass is 16.3. The minimum Gasteiger partial charge on any atom is -0.459 e. The Morgan fingerprint density at radius 3 is 3.00 bits per heavy atom. The summed E-state index contributed by atoms with van der Waals surface area (Å²) in [6.07, 6.45) is 1.69. The van der Waals surface area contributed by atoms with Gasteiger partial charge in [0.05, 0.1) is 11.4 Å². The molecule has 1 aromatic carbocycles. The fourth-order valence-electron chi connectivity index (χ4n) is 1.52. The molecule has 6 nitrogen and oxygen atoms in total. The maximum absolute atomic E-state index is 8.38. The topological polar surface area (TPSA) is 113 Å². The van der Waals surface area contributed by atoms with Gasteiger partial charge in [-0.1, -0.05) is 0 Å². The third-order valence-corrected chi connectivity index (χ3v) is 2.33. The smallest absolute Gasteiger partial charge is 0.207 e. The van der Waals surface area contributed by atoms with E-state index in [4.69, 9.17) is 21.1 Å². The number of aryl methyl sites for hydroxylation is 1. The summed E-state index contributed by atoms with van der Waals surface area (Å²) in [5.41, 5.74) is 13.2. The Kier molecular flexibility index (Phi) is 2.58. The number of rotatable bonds is 1. The summed E-state index contributed by atoms with van der Waals surface area (Å²) < 4.78 is 5.43. The zero-order chi connectivity index (χ0) is 12.4. The predicted molar refractivity (Wildman–Crippen MR) is 65.4 cm³/mol. The van der Waals surface area contributed by atoms with E-state index >= 15 is 0 Å². The minimum atomic E-state index is 0.0330. The van der Waals surface area contributed by atoms with Crippen LogP contribution < -0.4 is 16.8 Å². The summed E-state index contributed by atoms with van der Waals surface area (Å²) in [4.78, 5) is 4.01. The lowest BCUT2D eigenvalue weighted by Crippen LogP contribution is -2.26. The Hall–Kier alpha value is -2.68. The summed E-state index contributed by atoms with van der Waals surface area (Å²) in [7, 11) is 0. The lowest BCUT2D eigenvalue weighted by molar-refractivity contribution is 0.580. The van der Waals surface area contributed by atoms with Gasteiger partial charge in [-0.2, -0.15) is 5.26 Å². The number of fused-ring (bicyclic) bond motifs is 1. The number of nitrogen functional groups attached to an aromatic ring is 1. The van der Waals surface area contributed by atoms with Gasteiger partial charge in [-0.15, -0.1) is 0 Å². The molecule has 0 spiro atoms. The molecule has 2 rings (SSSR count). The number of aliphatic imine (C=N–C) groups is 1. The van der Waals surface area contributed by atoms with Crippen molar-refractivity contribution in [2.24, 2.45) is 10.7 Å². The van der Waals surface area contributed by atoms with Crippen molar-refractivity contribution in [3.8, 4) is 6.19 Å². The molecule has 0 amide bonds. The third-order valence-electron chi connectivity index (χ3n) is 2.33. The monoisotopic (exact) mass is 229 g/mol. The Morgan fingerprint density at radius 1 is 1.53 bits per heavy atom. The first-order chi connectivity index (χ1) is 8.11. The van der Waals surface area contributed by atoms with Crippen molar-refractivity contribution in [3.63, 3.8) is 0 Å². The highest BCUT2D eigenvalue weighted by Crippen LogP contribution is 2.30. The van der Waals surface area contributed by atoms with Crippen LogP contribution in [0.4, 0.5) is 11.4 Å². The molecule has 0 aliphatic rings. The number of nitrogens with two attached hydrogens (primary N) is 2. The highest BCUT2D eigenvalue weighted by Gasteiger charge is 2.07. The van der Waals surface area contributed by atoms with E-state index in [0.717, 1.165) is 5.39 Å². The van der Waals surface area contributed by atoms with Crippen molar-refractivity contribution >= 4 is 28.3 Å². The van der Waals surface area contributed by atoms with E-state index < -0.39 is 0 Å². The van der Waals surface area contributed by atoms with Gasteiger partial charge in [0.2, 0.25) is 5.96 Å². The average Bonchev–Trinajstić information content (AvgIpc) is 2.56. The molecule has 1 aromatic heterocycles. The second-order valence-corrected chi connectivity index (χ2v) is 3.49. The summed E-state index contributed by atoms with van der Waals surface area (Å²) >= 11 is 0. The molecule has 17 heavy (non-hydrogen) atoms. The summed E-state index contributed by atoms with van der Waals surface area (Å²) in [5.74, 6) is 0.704. The van der Waals surface area contributed by atoms with E-state index in [1.807, 2.05) is 0 Å². The molecule has 86 valence electrons. The number of nitrogens with one attached hydrogen (secondary N) is 1. The molecule has 0 aliphatic carbocycles. The maximum atomic E-state index is 8.38. The first-order valence-electron chi connectivity index (χ1n) is 4.89. The standard InChI is InChI=1S/C11H11N5O/c1-6-10(13)8-4-7(2-3-9(8)17-6)16-11(14)15-5-12/h2-4H,13H2,1H3,(H3,14,15,16). The van der Waals surface area contributed by atoms with E-state index in [-0.39, 0.29) is 5.96 Å². The first-order valence-corrected chi connectivity index (χ1v) is 4.89. The van der Waals surface area contributed by atoms with Gasteiger partial charge in [0.15, 0.2) is 6.19 Å². The summed E-state index contributed by atoms with van der Waals surface area (Å²) in [6.45, 7) is 1.80. The van der Waals surface area contributed by atoms with E-state index in [9.17, 15) is 0 Å². The maximum Gasteiger partial charge on any atom is 0.207 e. The molecule has 0 unspecified atom stereocenters. The van der Waals surface area contributed by atoms with Gasteiger partial charge in [0, 0.05) is 5.39 Å².